The Bertz CT molecular complexity index is 1240. The zero-order valence-electron chi connectivity index (χ0n) is 16.3. The van der Waals surface area contributed by atoms with Crippen molar-refractivity contribution in [2.24, 2.45) is 11.7 Å². The van der Waals surface area contributed by atoms with E-state index in [1.165, 1.54) is 13.2 Å². The predicted octanol–water partition coefficient (Wildman–Crippen LogP) is 2.56. The minimum Gasteiger partial charge on any atom is -0.492 e. The van der Waals surface area contributed by atoms with E-state index in [4.69, 9.17) is 10.5 Å². The van der Waals surface area contributed by atoms with Crippen molar-refractivity contribution < 1.29 is 9.13 Å². The van der Waals surface area contributed by atoms with Gasteiger partial charge in [0.2, 0.25) is 5.43 Å². The molecule has 0 spiro atoms. The molecule has 5 rings (SSSR count). The highest BCUT2D eigenvalue weighted by Gasteiger charge is 2.34. The number of hydrogen-bond donors (Lipinski definition) is 2. The summed E-state index contributed by atoms with van der Waals surface area (Å²) in [7, 11) is 1.50. The number of aromatic nitrogens is 2. The lowest BCUT2D eigenvalue weighted by Gasteiger charge is -2.25. The standard InChI is InChI=1S/C20H23FN4O3S/c1-9(22)10-5-6-24(8-10)16-13(21)7-12-15(18(16)28-2)25(11-3-4-11)20-14(17(12)26)19(27)23-29-20/h7,9-11H,3-6,8,22H2,1-2H3,(H,23,27)/t9-,10-/m0/s1. The monoisotopic (exact) mass is 418 g/mol. The fourth-order valence-electron chi connectivity index (χ4n) is 4.51. The smallest absolute Gasteiger partial charge is 0.271 e. The van der Waals surface area contributed by atoms with Gasteiger partial charge in [0.1, 0.15) is 15.9 Å². The zero-order valence-corrected chi connectivity index (χ0v) is 17.1. The van der Waals surface area contributed by atoms with Crippen LogP contribution in [-0.4, -0.2) is 35.2 Å². The Morgan fingerprint density at radius 1 is 1.34 bits per heavy atom. The number of hydrogen-bond acceptors (Lipinski definition) is 6. The van der Waals surface area contributed by atoms with Gasteiger partial charge in [-0.25, -0.2) is 4.39 Å². The molecule has 2 atom stereocenters. The quantitative estimate of drug-likeness (QED) is 0.679. The molecule has 0 amide bonds. The molecular formula is C20H23FN4O3S. The molecule has 29 heavy (non-hydrogen) atoms. The second-order valence-electron chi connectivity index (χ2n) is 8.13. The number of pyridine rings is 1. The van der Waals surface area contributed by atoms with Gasteiger partial charge in [0, 0.05) is 25.2 Å². The molecule has 1 saturated carbocycles. The number of halogens is 1. The number of fused-ring (bicyclic) bond motifs is 2. The van der Waals surface area contributed by atoms with Gasteiger partial charge >= 0.3 is 0 Å². The molecule has 2 aliphatic rings. The summed E-state index contributed by atoms with van der Waals surface area (Å²) in [6.07, 6.45) is 2.78. The van der Waals surface area contributed by atoms with Crippen LogP contribution in [0.25, 0.3) is 21.1 Å². The SMILES string of the molecule is COc1c(N2CC[C@H]([C@H](C)N)C2)c(F)cc2c(=O)c3c(=O)[nH]sc3n(C3CC3)c12. The molecule has 1 aliphatic heterocycles. The van der Waals surface area contributed by atoms with Crippen LogP contribution in [0.5, 0.6) is 5.75 Å². The van der Waals surface area contributed by atoms with Gasteiger partial charge in [-0.05, 0) is 49.7 Å². The van der Waals surface area contributed by atoms with E-state index in [0.29, 0.717) is 34.9 Å². The van der Waals surface area contributed by atoms with E-state index in [9.17, 15) is 9.59 Å². The summed E-state index contributed by atoms with van der Waals surface area (Å²) in [4.78, 5) is 27.9. The third kappa shape index (κ3) is 2.71. The first-order chi connectivity index (χ1) is 13.9. The lowest BCUT2D eigenvalue weighted by Crippen LogP contribution is -2.30. The molecule has 7 nitrogen and oxygen atoms in total. The van der Waals surface area contributed by atoms with Crippen LogP contribution < -0.4 is 26.4 Å². The first-order valence-electron chi connectivity index (χ1n) is 9.88. The molecule has 1 saturated heterocycles. The molecule has 9 heteroatoms. The molecule has 2 aromatic heterocycles. The van der Waals surface area contributed by atoms with Gasteiger partial charge in [0.15, 0.2) is 11.6 Å². The number of anilines is 1. The molecule has 3 heterocycles. The second-order valence-corrected chi connectivity index (χ2v) is 8.93. The van der Waals surface area contributed by atoms with Gasteiger partial charge in [0.25, 0.3) is 5.56 Å². The van der Waals surface area contributed by atoms with Crippen molar-refractivity contribution in [3.8, 4) is 5.75 Å². The van der Waals surface area contributed by atoms with E-state index in [-0.39, 0.29) is 28.8 Å². The maximum Gasteiger partial charge on any atom is 0.271 e. The van der Waals surface area contributed by atoms with Crippen LogP contribution >= 0.6 is 11.5 Å². The van der Waals surface area contributed by atoms with Crippen LogP contribution in [0.4, 0.5) is 10.1 Å². The van der Waals surface area contributed by atoms with Crippen LogP contribution in [0.15, 0.2) is 15.7 Å². The lowest BCUT2D eigenvalue weighted by molar-refractivity contribution is 0.413. The van der Waals surface area contributed by atoms with E-state index in [1.807, 2.05) is 16.4 Å². The molecule has 154 valence electrons. The minimum atomic E-state index is -0.509. The van der Waals surface area contributed by atoms with Crippen LogP contribution in [0.2, 0.25) is 0 Å². The first-order valence-corrected chi connectivity index (χ1v) is 10.7. The number of methoxy groups -OCH3 is 1. The fourth-order valence-corrected chi connectivity index (χ4v) is 5.42. The van der Waals surface area contributed by atoms with Gasteiger partial charge in [-0.2, -0.15) is 0 Å². The van der Waals surface area contributed by atoms with Crippen molar-refractivity contribution in [3.63, 3.8) is 0 Å². The van der Waals surface area contributed by atoms with E-state index >= 15 is 4.39 Å². The second kappa shape index (κ2) is 6.56. The highest BCUT2D eigenvalue weighted by molar-refractivity contribution is 7.12. The Labute approximate surface area is 170 Å². The number of aromatic amines is 1. The highest BCUT2D eigenvalue weighted by atomic mass is 32.1. The number of ether oxygens (including phenoxy) is 1. The minimum absolute atomic E-state index is 0.0240. The maximum atomic E-state index is 15.3. The normalized spacial score (nSPS) is 20.7. The Morgan fingerprint density at radius 2 is 2.10 bits per heavy atom. The van der Waals surface area contributed by atoms with Gasteiger partial charge in [-0.1, -0.05) is 0 Å². The lowest BCUT2D eigenvalue weighted by atomic mass is 10.0. The highest BCUT2D eigenvalue weighted by Crippen LogP contribution is 2.46. The molecule has 3 N–H and O–H groups in total. The van der Waals surface area contributed by atoms with Crippen molar-refractivity contribution >= 4 is 38.3 Å². The van der Waals surface area contributed by atoms with E-state index < -0.39 is 16.8 Å². The number of nitrogens with zero attached hydrogens (tertiary/aromatic N) is 2. The summed E-state index contributed by atoms with van der Waals surface area (Å²) in [5, 5.41) is 0.288. The summed E-state index contributed by atoms with van der Waals surface area (Å²) in [5.41, 5.74) is 6.14. The molecule has 1 aliphatic carbocycles. The van der Waals surface area contributed by atoms with Crippen LogP contribution in [0.3, 0.4) is 0 Å². The average molecular weight is 418 g/mol. The largest absolute Gasteiger partial charge is 0.492 e. The van der Waals surface area contributed by atoms with E-state index in [0.717, 1.165) is 30.8 Å². The van der Waals surface area contributed by atoms with Crippen molar-refractivity contribution in [2.45, 2.75) is 38.3 Å². The third-order valence-electron chi connectivity index (χ3n) is 6.20. The summed E-state index contributed by atoms with van der Waals surface area (Å²) < 4.78 is 25.7. The van der Waals surface area contributed by atoms with E-state index in [2.05, 4.69) is 4.37 Å². The Hall–Kier alpha value is -2.39. The Balaban J connectivity index is 1.84. The summed E-state index contributed by atoms with van der Waals surface area (Å²) >= 11 is 1.15. The predicted molar refractivity (Wildman–Crippen MR) is 113 cm³/mol. The molecule has 0 radical (unpaired) electrons. The van der Waals surface area contributed by atoms with Crippen LogP contribution in [0, 0.1) is 11.7 Å². The first kappa shape index (κ1) is 18.6. The third-order valence-corrected chi connectivity index (χ3v) is 7.08. The van der Waals surface area contributed by atoms with Gasteiger partial charge < -0.3 is 19.9 Å². The number of H-pyrrole nitrogens is 1. The number of nitrogens with one attached hydrogen (secondary N) is 1. The van der Waals surface area contributed by atoms with Crippen LogP contribution in [0.1, 0.15) is 32.2 Å². The molecular weight excluding hydrogens is 395 g/mol. The van der Waals surface area contributed by atoms with Crippen molar-refractivity contribution in [1.29, 1.82) is 0 Å². The van der Waals surface area contributed by atoms with E-state index in [1.54, 1.807) is 0 Å². The molecule has 3 aromatic rings. The van der Waals surface area contributed by atoms with Gasteiger partial charge in [-0.3, -0.25) is 14.0 Å². The van der Waals surface area contributed by atoms with Crippen molar-refractivity contribution in [2.75, 3.05) is 25.1 Å². The number of rotatable bonds is 4. The average Bonchev–Trinajstić information content (AvgIpc) is 3.26. The summed E-state index contributed by atoms with van der Waals surface area (Å²) in [6, 6.07) is 1.47. The van der Waals surface area contributed by atoms with Gasteiger partial charge in [0.05, 0.1) is 18.0 Å². The molecule has 0 bridgehead atoms. The topological polar surface area (TPSA) is 93.3 Å². The van der Waals surface area contributed by atoms with Crippen molar-refractivity contribution in [3.05, 3.63) is 32.5 Å². The Morgan fingerprint density at radius 3 is 2.72 bits per heavy atom. The Kier molecular flexibility index (Phi) is 4.22. The molecule has 0 unspecified atom stereocenters. The maximum absolute atomic E-state index is 15.3. The number of benzene rings is 1. The molecule has 2 fully saturated rings. The van der Waals surface area contributed by atoms with Crippen molar-refractivity contribution in [1.82, 2.24) is 8.94 Å². The van der Waals surface area contributed by atoms with Gasteiger partial charge in [-0.15, -0.1) is 0 Å². The fraction of sp³-hybridized carbons (Fsp3) is 0.500. The summed E-state index contributed by atoms with van der Waals surface area (Å²) in [5.74, 6) is 0.125. The molecule has 1 aromatic carbocycles. The summed E-state index contributed by atoms with van der Waals surface area (Å²) in [6.45, 7) is 3.29. The number of nitrogens with two attached hydrogens (primary N) is 1. The van der Waals surface area contributed by atoms with Crippen LogP contribution in [-0.2, 0) is 0 Å². The zero-order chi connectivity index (χ0) is 20.4.